The van der Waals surface area contributed by atoms with Crippen LogP contribution in [0.1, 0.15) is 22.8 Å². The Morgan fingerprint density at radius 1 is 1.24 bits per heavy atom. The van der Waals surface area contributed by atoms with Crippen LogP contribution in [0.2, 0.25) is 10.0 Å². The van der Waals surface area contributed by atoms with Crippen LogP contribution in [0, 0.1) is 11.3 Å². The van der Waals surface area contributed by atoms with E-state index in [4.69, 9.17) is 33.2 Å². The lowest BCUT2D eigenvalue weighted by atomic mass is 10.1. The smallest absolute Gasteiger partial charge is 0.204 e. The molecule has 5 heteroatoms. The fraction of sp³-hybridized carbons (Fsp3) is 0.125. The number of rotatable bonds is 4. The molecule has 0 aliphatic carbocycles. The number of nitrogens with zero attached hydrogens (tertiary/aromatic N) is 1. The molecule has 0 aliphatic heterocycles. The van der Waals surface area contributed by atoms with Crippen LogP contribution in [0.3, 0.4) is 0 Å². The van der Waals surface area contributed by atoms with Crippen molar-refractivity contribution in [3.8, 4) is 11.8 Å². The molecule has 0 amide bonds. The lowest BCUT2D eigenvalue weighted by Crippen LogP contribution is -2.24. The second-order valence-corrected chi connectivity index (χ2v) is 5.23. The lowest BCUT2D eigenvalue weighted by molar-refractivity contribution is 0.0818. The molecule has 0 radical (unpaired) electrons. The van der Waals surface area contributed by atoms with Crippen LogP contribution in [0.4, 0.5) is 0 Å². The average Bonchev–Trinajstić information content (AvgIpc) is 2.46. The van der Waals surface area contributed by atoms with Gasteiger partial charge in [-0.1, -0.05) is 29.3 Å². The highest BCUT2D eigenvalue weighted by molar-refractivity contribution is 6.37. The van der Waals surface area contributed by atoms with Gasteiger partial charge in [0, 0.05) is 10.6 Å². The second kappa shape index (κ2) is 6.62. The summed E-state index contributed by atoms with van der Waals surface area (Å²) in [6, 6.07) is 13.3. The first kappa shape index (κ1) is 15.4. The van der Waals surface area contributed by atoms with E-state index < -0.39 is 6.10 Å². The van der Waals surface area contributed by atoms with Gasteiger partial charge in [-0.3, -0.25) is 4.79 Å². The highest BCUT2D eigenvalue weighted by Gasteiger charge is 2.19. The van der Waals surface area contributed by atoms with Crippen molar-refractivity contribution in [2.45, 2.75) is 13.0 Å². The van der Waals surface area contributed by atoms with Crippen molar-refractivity contribution in [2.75, 3.05) is 0 Å². The van der Waals surface area contributed by atoms with Gasteiger partial charge in [-0.25, -0.2) is 0 Å². The van der Waals surface area contributed by atoms with E-state index in [1.807, 2.05) is 6.07 Å². The summed E-state index contributed by atoms with van der Waals surface area (Å²) in [5.41, 5.74) is 0.821. The summed E-state index contributed by atoms with van der Waals surface area (Å²) in [5.74, 6) is 0.207. The van der Waals surface area contributed by atoms with Crippen molar-refractivity contribution in [2.24, 2.45) is 0 Å². The highest BCUT2D eigenvalue weighted by atomic mass is 35.5. The molecule has 0 heterocycles. The van der Waals surface area contributed by atoms with E-state index >= 15 is 0 Å². The fourth-order valence-corrected chi connectivity index (χ4v) is 2.31. The van der Waals surface area contributed by atoms with E-state index in [1.165, 1.54) is 6.07 Å². The van der Waals surface area contributed by atoms with E-state index in [1.54, 1.807) is 43.3 Å². The molecule has 2 rings (SSSR count). The molecule has 0 aromatic heterocycles. The maximum absolute atomic E-state index is 12.3. The summed E-state index contributed by atoms with van der Waals surface area (Å²) >= 11 is 11.8. The summed E-state index contributed by atoms with van der Waals surface area (Å²) in [5, 5.41) is 9.59. The topological polar surface area (TPSA) is 50.1 Å². The predicted molar refractivity (Wildman–Crippen MR) is 82.0 cm³/mol. The molecular formula is C16H11Cl2NO2. The number of hydrogen-bond acceptors (Lipinski definition) is 3. The molecule has 0 saturated heterocycles. The quantitative estimate of drug-likeness (QED) is 0.779. The van der Waals surface area contributed by atoms with E-state index in [9.17, 15) is 4.79 Å². The first-order valence-electron chi connectivity index (χ1n) is 6.17. The minimum atomic E-state index is -0.724. The van der Waals surface area contributed by atoms with Gasteiger partial charge < -0.3 is 4.74 Å². The van der Waals surface area contributed by atoms with Gasteiger partial charge in [-0.2, -0.15) is 5.26 Å². The zero-order valence-corrected chi connectivity index (χ0v) is 12.7. The Morgan fingerprint density at radius 2 is 2.00 bits per heavy atom. The third-order valence-corrected chi connectivity index (χ3v) is 3.39. The summed E-state index contributed by atoms with van der Waals surface area (Å²) in [4.78, 5) is 12.3. The molecule has 0 N–H and O–H groups in total. The van der Waals surface area contributed by atoms with Crippen LogP contribution >= 0.6 is 23.2 Å². The second-order valence-electron chi connectivity index (χ2n) is 4.39. The Kier molecular flexibility index (Phi) is 4.85. The van der Waals surface area contributed by atoms with Crippen molar-refractivity contribution < 1.29 is 9.53 Å². The molecule has 2 aromatic rings. The fourth-order valence-electron chi connectivity index (χ4n) is 1.80. The third kappa shape index (κ3) is 3.75. The molecule has 0 aliphatic rings. The molecule has 1 atom stereocenters. The zero-order valence-electron chi connectivity index (χ0n) is 11.1. The third-order valence-electron chi connectivity index (χ3n) is 2.84. The minimum Gasteiger partial charge on any atom is -0.483 e. The Labute approximate surface area is 132 Å². The van der Waals surface area contributed by atoms with Crippen LogP contribution in [-0.4, -0.2) is 11.9 Å². The number of ether oxygens (including phenoxy) is 1. The van der Waals surface area contributed by atoms with Crippen LogP contribution < -0.4 is 4.74 Å². The number of nitriles is 1. The number of hydrogen-bond donors (Lipinski definition) is 0. The van der Waals surface area contributed by atoms with Gasteiger partial charge in [0.2, 0.25) is 5.78 Å². The predicted octanol–water partition coefficient (Wildman–Crippen LogP) is 4.52. The summed E-state index contributed by atoms with van der Waals surface area (Å²) in [6.45, 7) is 1.63. The van der Waals surface area contributed by atoms with Crippen LogP contribution in [0.15, 0.2) is 42.5 Å². The standard InChI is InChI=1S/C16H11Cl2NO2/c1-10(21-13-4-2-3-11(7-13)9-19)16(20)14-6-5-12(17)8-15(14)18/h2-8,10H,1H3. The Hall–Kier alpha value is -2.02. The molecule has 2 aromatic carbocycles. The van der Waals surface area contributed by atoms with Gasteiger partial charge in [-0.15, -0.1) is 0 Å². The van der Waals surface area contributed by atoms with Crippen LogP contribution in [0.25, 0.3) is 0 Å². The molecule has 21 heavy (non-hydrogen) atoms. The molecule has 0 fully saturated rings. The zero-order chi connectivity index (χ0) is 15.4. The molecule has 106 valence electrons. The number of Topliss-reactive ketones (excluding diaryl/α,β-unsaturated/α-hetero) is 1. The number of carbonyl (C=O) groups is 1. The number of ketones is 1. The molecular weight excluding hydrogens is 309 g/mol. The van der Waals surface area contributed by atoms with Gasteiger partial charge in [-0.05, 0) is 43.3 Å². The van der Waals surface area contributed by atoms with Gasteiger partial charge in [0.15, 0.2) is 6.10 Å². The highest BCUT2D eigenvalue weighted by Crippen LogP contribution is 2.23. The largest absolute Gasteiger partial charge is 0.483 e. The SMILES string of the molecule is CC(Oc1cccc(C#N)c1)C(=O)c1ccc(Cl)cc1Cl. The average molecular weight is 320 g/mol. The van der Waals surface area contributed by atoms with Gasteiger partial charge in [0.1, 0.15) is 5.75 Å². The first-order valence-corrected chi connectivity index (χ1v) is 6.93. The number of carbonyl (C=O) groups excluding carboxylic acids is 1. The van der Waals surface area contributed by atoms with Crippen LogP contribution in [0.5, 0.6) is 5.75 Å². The van der Waals surface area contributed by atoms with E-state index in [0.29, 0.717) is 21.9 Å². The first-order chi connectivity index (χ1) is 10.0. The maximum Gasteiger partial charge on any atom is 0.204 e. The van der Waals surface area contributed by atoms with Crippen molar-refractivity contribution in [3.63, 3.8) is 0 Å². The van der Waals surface area contributed by atoms with E-state index in [2.05, 4.69) is 0 Å². The molecule has 0 bridgehead atoms. The molecule has 0 saturated carbocycles. The van der Waals surface area contributed by atoms with Gasteiger partial charge in [0.25, 0.3) is 0 Å². The Morgan fingerprint density at radius 3 is 2.67 bits per heavy atom. The van der Waals surface area contributed by atoms with Crippen molar-refractivity contribution >= 4 is 29.0 Å². The minimum absolute atomic E-state index is 0.251. The lowest BCUT2D eigenvalue weighted by Gasteiger charge is -2.14. The molecule has 0 spiro atoms. The Balaban J connectivity index is 2.17. The van der Waals surface area contributed by atoms with E-state index in [-0.39, 0.29) is 10.8 Å². The van der Waals surface area contributed by atoms with Crippen molar-refractivity contribution in [3.05, 3.63) is 63.6 Å². The van der Waals surface area contributed by atoms with E-state index in [0.717, 1.165) is 0 Å². The summed E-state index contributed by atoms with van der Waals surface area (Å²) in [7, 11) is 0. The van der Waals surface area contributed by atoms with Crippen molar-refractivity contribution in [1.82, 2.24) is 0 Å². The van der Waals surface area contributed by atoms with Crippen molar-refractivity contribution in [1.29, 1.82) is 5.26 Å². The van der Waals surface area contributed by atoms with Gasteiger partial charge >= 0.3 is 0 Å². The number of halogens is 2. The Bertz CT molecular complexity index is 722. The maximum atomic E-state index is 12.3. The normalized spacial score (nSPS) is 11.5. The van der Waals surface area contributed by atoms with Gasteiger partial charge in [0.05, 0.1) is 16.7 Å². The number of benzene rings is 2. The van der Waals surface area contributed by atoms with Crippen LogP contribution in [-0.2, 0) is 0 Å². The molecule has 3 nitrogen and oxygen atoms in total. The summed E-state index contributed by atoms with van der Waals surface area (Å²) < 4.78 is 5.57. The molecule has 1 unspecified atom stereocenters. The summed E-state index contributed by atoms with van der Waals surface area (Å²) in [6.07, 6.45) is -0.724. The monoisotopic (exact) mass is 319 g/mol.